The molecular formula is C23H32O4. The highest BCUT2D eigenvalue weighted by Gasteiger charge is 2.24. The van der Waals surface area contributed by atoms with Gasteiger partial charge in [-0.2, -0.15) is 0 Å². The van der Waals surface area contributed by atoms with Crippen LogP contribution < -0.4 is 9.47 Å². The molecule has 1 heterocycles. The van der Waals surface area contributed by atoms with Gasteiger partial charge >= 0.3 is 5.97 Å². The molecule has 0 bridgehead atoms. The van der Waals surface area contributed by atoms with Crippen molar-refractivity contribution in [2.45, 2.75) is 84.0 Å². The first-order valence-corrected chi connectivity index (χ1v) is 10.4. The molecule has 148 valence electrons. The number of rotatable bonds is 12. The smallest absolute Gasteiger partial charge is 0.340 e. The molecule has 1 aromatic carbocycles. The summed E-state index contributed by atoms with van der Waals surface area (Å²) in [6, 6.07) is 3.42. The molecule has 1 aliphatic heterocycles. The quantitative estimate of drug-likeness (QED) is 0.352. The number of carboxylic acids is 1. The summed E-state index contributed by atoms with van der Waals surface area (Å²) >= 11 is 0. The topological polar surface area (TPSA) is 55.8 Å². The molecule has 4 nitrogen and oxygen atoms in total. The van der Waals surface area contributed by atoms with Gasteiger partial charge in [-0.05, 0) is 18.6 Å². The van der Waals surface area contributed by atoms with Gasteiger partial charge < -0.3 is 14.6 Å². The summed E-state index contributed by atoms with van der Waals surface area (Å²) < 4.78 is 10.5. The first-order chi connectivity index (χ1) is 13.2. The van der Waals surface area contributed by atoms with Gasteiger partial charge in [0.1, 0.15) is 5.56 Å². The van der Waals surface area contributed by atoms with E-state index in [0.717, 1.165) is 12.8 Å². The van der Waals surface area contributed by atoms with Gasteiger partial charge in [0.15, 0.2) is 11.5 Å². The van der Waals surface area contributed by atoms with Gasteiger partial charge in [-0.1, -0.05) is 83.0 Å². The molecule has 0 aliphatic carbocycles. The fraction of sp³-hybridized carbons (Fsp3) is 0.609. The molecular weight excluding hydrogens is 340 g/mol. The zero-order valence-corrected chi connectivity index (χ0v) is 16.5. The number of carboxylic acid groups (broad SMARTS) is 1. The first kappa shape index (κ1) is 21.2. The minimum absolute atomic E-state index is 0.0607. The molecule has 0 saturated carbocycles. The third kappa shape index (κ3) is 7.17. The van der Waals surface area contributed by atoms with Crippen molar-refractivity contribution in [1.29, 1.82) is 0 Å². The van der Waals surface area contributed by atoms with Crippen LogP contribution in [-0.4, -0.2) is 17.9 Å². The average Bonchev–Trinajstić information content (AvgIpc) is 3.13. The van der Waals surface area contributed by atoms with Crippen molar-refractivity contribution in [3.05, 3.63) is 23.3 Å². The van der Waals surface area contributed by atoms with Gasteiger partial charge in [0.25, 0.3) is 0 Å². The SMILES string of the molecule is CCCCCCCCCCCCCC#Cc1ccc2c(c1C(=O)O)OCO2. The summed E-state index contributed by atoms with van der Waals surface area (Å²) in [6.07, 6.45) is 15.2. The number of fused-ring (bicyclic) bond motifs is 1. The van der Waals surface area contributed by atoms with Crippen molar-refractivity contribution >= 4 is 5.97 Å². The van der Waals surface area contributed by atoms with E-state index in [4.69, 9.17) is 9.47 Å². The lowest BCUT2D eigenvalue weighted by Gasteiger charge is -2.03. The maximum Gasteiger partial charge on any atom is 0.340 e. The zero-order valence-electron chi connectivity index (χ0n) is 16.5. The third-order valence-corrected chi connectivity index (χ3v) is 4.88. The fourth-order valence-electron chi connectivity index (χ4n) is 3.32. The Morgan fingerprint density at radius 2 is 1.59 bits per heavy atom. The van der Waals surface area contributed by atoms with Crippen LogP contribution in [-0.2, 0) is 0 Å². The molecule has 0 saturated heterocycles. The lowest BCUT2D eigenvalue weighted by atomic mass is 10.0. The minimum Gasteiger partial charge on any atom is -0.478 e. The van der Waals surface area contributed by atoms with E-state index >= 15 is 0 Å². The molecule has 0 fully saturated rings. The van der Waals surface area contributed by atoms with Crippen LogP contribution in [0.15, 0.2) is 12.1 Å². The van der Waals surface area contributed by atoms with Crippen molar-refractivity contribution in [3.63, 3.8) is 0 Å². The summed E-state index contributed by atoms with van der Waals surface area (Å²) in [7, 11) is 0. The summed E-state index contributed by atoms with van der Waals surface area (Å²) in [5.41, 5.74) is 0.603. The Hall–Kier alpha value is -2.15. The number of ether oxygens (including phenoxy) is 2. The number of hydrogen-bond donors (Lipinski definition) is 1. The van der Waals surface area contributed by atoms with Crippen LogP contribution in [0.25, 0.3) is 0 Å². The first-order valence-electron chi connectivity index (χ1n) is 10.4. The highest BCUT2D eigenvalue weighted by Crippen LogP contribution is 2.37. The number of aromatic carboxylic acids is 1. The molecule has 0 amide bonds. The highest BCUT2D eigenvalue weighted by atomic mass is 16.7. The van der Waals surface area contributed by atoms with Crippen molar-refractivity contribution in [3.8, 4) is 23.3 Å². The van der Waals surface area contributed by atoms with E-state index in [1.165, 1.54) is 64.2 Å². The lowest BCUT2D eigenvalue weighted by Crippen LogP contribution is -2.02. The molecule has 0 spiro atoms. The van der Waals surface area contributed by atoms with Gasteiger partial charge in [-0.3, -0.25) is 0 Å². The Kier molecular flexibility index (Phi) is 9.62. The maximum absolute atomic E-state index is 11.5. The van der Waals surface area contributed by atoms with Crippen molar-refractivity contribution in [2.24, 2.45) is 0 Å². The maximum atomic E-state index is 11.5. The van der Waals surface area contributed by atoms with Crippen LogP contribution in [0, 0.1) is 11.8 Å². The third-order valence-electron chi connectivity index (χ3n) is 4.88. The second-order valence-corrected chi connectivity index (χ2v) is 7.11. The van der Waals surface area contributed by atoms with E-state index in [1.807, 2.05) is 0 Å². The van der Waals surface area contributed by atoms with E-state index in [-0.39, 0.29) is 12.4 Å². The second kappa shape index (κ2) is 12.3. The molecule has 1 aliphatic rings. The molecule has 1 N–H and O–H groups in total. The summed E-state index contributed by atoms with van der Waals surface area (Å²) in [4.78, 5) is 11.5. The minimum atomic E-state index is -1.03. The van der Waals surface area contributed by atoms with Gasteiger partial charge in [-0.25, -0.2) is 4.79 Å². The van der Waals surface area contributed by atoms with Crippen LogP contribution in [0.1, 0.15) is 99.9 Å². The number of unbranched alkanes of at least 4 members (excludes halogenated alkanes) is 11. The molecule has 0 unspecified atom stereocenters. The molecule has 0 radical (unpaired) electrons. The molecule has 1 aromatic rings. The average molecular weight is 373 g/mol. The van der Waals surface area contributed by atoms with Crippen molar-refractivity contribution in [2.75, 3.05) is 6.79 Å². The van der Waals surface area contributed by atoms with Crippen molar-refractivity contribution in [1.82, 2.24) is 0 Å². The summed E-state index contributed by atoms with van der Waals surface area (Å²) in [5.74, 6) is 5.84. The van der Waals surface area contributed by atoms with Crippen LogP contribution in [0.5, 0.6) is 11.5 Å². The predicted molar refractivity (Wildman–Crippen MR) is 107 cm³/mol. The Balaban J connectivity index is 1.62. The van der Waals surface area contributed by atoms with E-state index in [1.54, 1.807) is 12.1 Å². The summed E-state index contributed by atoms with van der Waals surface area (Å²) in [6.45, 7) is 2.32. The van der Waals surface area contributed by atoms with Crippen LogP contribution in [0.4, 0.5) is 0 Å². The Morgan fingerprint density at radius 3 is 2.22 bits per heavy atom. The summed E-state index contributed by atoms with van der Waals surface area (Å²) in [5, 5.41) is 9.43. The Bertz CT molecular complexity index is 654. The Labute approximate surface area is 163 Å². The molecule has 27 heavy (non-hydrogen) atoms. The standard InChI is InChI=1S/C23H32O4/c1-2-3-4-5-6-7-8-9-10-11-12-13-14-15-19-16-17-20-22(27-18-26-20)21(19)23(24)25/h16-17H,2-13,18H2,1H3,(H,24,25). The fourth-order valence-corrected chi connectivity index (χ4v) is 3.32. The van der Waals surface area contributed by atoms with Crippen LogP contribution in [0.3, 0.4) is 0 Å². The molecule has 0 atom stereocenters. The van der Waals surface area contributed by atoms with E-state index in [2.05, 4.69) is 18.8 Å². The van der Waals surface area contributed by atoms with E-state index in [0.29, 0.717) is 17.1 Å². The second-order valence-electron chi connectivity index (χ2n) is 7.11. The largest absolute Gasteiger partial charge is 0.478 e. The lowest BCUT2D eigenvalue weighted by molar-refractivity contribution is 0.0692. The predicted octanol–water partition coefficient (Wildman–Crippen LogP) is 6.17. The van der Waals surface area contributed by atoms with Gasteiger partial charge in [0.2, 0.25) is 6.79 Å². The van der Waals surface area contributed by atoms with E-state index in [9.17, 15) is 9.90 Å². The molecule has 4 heteroatoms. The monoisotopic (exact) mass is 372 g/mol. The highest BCUT2D eigenvalue weighted by molar-refractivity contribution is 5.95. The molecule has 2 rings (SSSR count). The normalized spacial score (nSPS) is 11.9. The zero-order chi connectivity index (χ0) is 19.3. The van der Waals surface area contributed by atoms with E-state index < -0.39 is 5.97 Å². The van der Waals surface area contributed by atoms with Crippen LogP contribution in [0.2, 0.25) is 0 Å². The number of carbonyl (C=O) groups is 1. The molecule has 0 aromatic heterocycles. The number of hydrogen-bond acceptors (Lipinski definition) is 3. The number of benzene rings is 1. The van der Waals surface area contributed by atoms with Gasteiger partial charge in [0, 0.05) is 12.0 Å². The van der Waals surface area contributed by atoms with Gasteiger partial charge in [0.05, 0.1) is 0 Å². The Morgan fingerprint density at radius 1 is 0.963 bits per heavy atom. The van der Waals surface area contributed by atoms with Crippen molar-refractivity contribution < 1.29 is 19.4 Å². The van der Waals surface area contributed by atoms with Gasteiger partial charge in [-0.15, -0.1) is 0 Å². The van der Waals surface area contributed by atoms with Crippen LogP contribution >= 0.6 is 0 Å².